The molecule has 2 saturated heterocycles. The molecule has 0 bridgehead atoms. The lowest BCUT2D eigenvalue weighted by atomic mass is 9.90. The van der Waals surface area contributed by atoms with Gasteiger partial charge in [-0.15, -0.1) is 0 Å². The van der Waals surface area contributed by atoms with Gasteiger partial charge in [0.05, 0.1) is 16.7 Å². The van der Waals surface area contributed by atoms with Crippen LogP contribution < -0.4 is 15.5 Å². The quantitative estimate of drug-likeness (QED) is 0.386. The van der Waals surface area contributed by atoms with Crippen molar-refractivity contribution in [3.05, 3.63) is 35.4 Å². The summed E-state index contributed by atoms with van der Waals surface area (Å²) in [5, 5.41) is 14.3. The number of nitrogens with zero attached hydrogens (tertiary/aromatic N) is 4. The zero-order valence-electron chi connectivity index (χ0n) is 19.9. The van der Waals surface area contributed by atoms with E-state index in [1.165, 1.54) is 12.1 Å². The van der Waals surface area contributed by atoms with Gasteiger partial charge >= 0.3 is 6.18 Å². The van der Waals surface area contributed by atoms with Crippen LogP contribution in [0.4, 0.5) is 36.4 Å². The smallest absolute Gasteiger partial charge is 0.416 e. The summed E-state index contributed by atoms with van der Waals surface area (Å²) in [4.78, 5) is 13.4. The van der Waals surface area contributed by atoms with Crippen molar-refractivity contribution in [2.45, 2.75) is 37.5 Å². The summed E-state index contributed by atoms with van der Waals surface area (Å²) in [5.41, 5.74) is -0.210. The third-order valence-corrected chi connectivity index (χ3v) is 8.07. The van der Waals surface area contributed by atoms with Crippen LogP contribution in [0.5, 0.6) is 0 Å². The highest BCUT2D eigenvalue weighted by molar-refractivity contribution is 7.91. The van der Waals surface area contributed by atoms with Gasteiger partial charge in [0.1, 0.15) is 23.1 Å². The molecule has 8 nitrogen and oxygen atoms in total. The summed E-state index contributed by atoms with van der Waals surface area (Å²) in [6.07, 6.45) is -1.90. The molecule has 0 atom stereocenters. The van der Waals surface area contributed by atoms with Crippen LogP contribution in [0.1, 0.15) is 30.9 Å². The second-order valence-corrected chi connectivity index (χ2v) is 11.2. The summed E-state index contributed by atoms with van der Waals surface area (Å²) in [5.74, 6) is 2.34. The molecule has 0 saturated carbocycles. The molecule has 2 aliphatic heterocycles. The minimum Gasteiger partial charge on any atom is -0.616 e. The van der Waals surface area contributed by atoms with E-state index in [4.69, 9.17) is 10.4 Å². The topological polar surface area (TPSA) is 103 Å². The van der Waals surface area contributed by atoms with Gasteiger partial charge in [-0.3, -0.25) is 0 Å². The second-order valence-electron chi connectivity index (χ2n) is 9.50. The number of aromatic nitrogens is 2. The van der Waals surface area contributed by atoms with Crippen molar-refractivity contribution in [1.82, 2.24) is 14.9 Å². The molecule has 35 heavy (non-hydrogen) atoms. The molecular formula is C23H30F3N7OS. The van der Waals surface area contributed by atoms with Crippen LogP contribution in [0.25, 0.3) is 0 Å². The number of hydrogen-bond donors (Lipinski definition) is 3. The molecule has 0 spiro atoms. The summed E-state index contributed by atoms with van der Waals surface area (Å²) < 4.78 is 51.4. The van der Waals surface area contributed by atoms with Crippen molar-refractivity contribution < 1.29 is 17.7 Å². The third-order valence-electron chi connectivity index (χ3n) is 6.69. The first-order valence-electron chi connectivity index (χ1n) is 11.4. The van der Waals surface area contributed by atoms with Crippen LogP contribution >= 0.6 is 0 Å². The predicted molar refractivity (Wildman–Crippen MR) is 133 cm³/mol. The largest absolute Gasteiger partial charge is 0.616 e. The molecule has 4 rings (SSSR count). The lowest BCUT2D eigenvalue weighted by molar-refractivity contribution is -0.137. The van der Waals surface area contributed by atoms with E-state index in [0.29, 0.717) is 41.9 Å². The molecule has 2 aromatic rings. The monoisotopic (exact) mass is 509 g/mol. The van der Waals surface area contributed by atoms with Gasteiger partial charge in [-0.25, -0.2) is 0 Å². The molecule has 190 valence electrons. The Morgan fingerprint density at radius 2 is 1.91 bits per heavy atom. The van der Waals surface area contributed by atoms with Crippen molar-refractivity contribution >= 4 is 40.7 Å². The molecule has 2 fully saturated rings. The molecular weight excluding hydrogens is 479 g/mol. The Balaban J connectivity index is 1.68. The first kappa shape index (κ1) is 25.5. The lowest BCUT2D eigenvalue weighted by Crippen LogP contribution is -2.67. The number of hydrogen-bond acceptors (Lipinski definition) is 8. The number of anilines is 4. The summed E-state index contributed by atoms with van der Waals surface area (Å²) in [6.45, 7) is 3.50. The molecule has 0 amide bonds. The molecule has 0 unspecified atom stereocenters. The van der Waals surface area contributed by atoms with E-state index < -0.39 is 22.9 Å². The number of alkyl halides is 3. The molecule has 2 aliphatic rings. The first-order chi connectivity index (χ1) is 16.5. The summed E-state index contributed by atoms with van der Waals surface area (Å²) in [7, 11) is 4.02. The van der Waals surface area contributed by atoms with Crippen LogP contribution in [-0.2, 0) is 17.4 Å². The highest BCUT2D eigenvalue weighted by atomic mass is 32.2. The van der Waals surface area contributed by atoms with E-state index >= 15 is 0 Å². The van der Waals surface area contributed by atoms with Crippen molar-refractivity contribution in [2.75, 3.05) is 54.2 Å². The summed E-state index contributed by atoms with van der Waals surface area (Å²) >= 11 is -0.810. The summed E-state index contributed by atoms with van der Waals surface area (Å²) in [6, 6.07) is 4.94. The fourth-order valence-corrected chi connectivity index (χ4v) is 5.53. The van der Waals surface area contributed by atoms with Crippen molar-refractivity contribution in [3.63, 3.8) is 0 Å². The highest BCUT2D eigenvalue weighted by Crippen LogP contribution is 2.36. The van der Waals surface area contributed by atoms with E-state index in [0.717, 1.165) is 31.2 Å². The van der Waals surface area contributed by atoms with Gasteiger partial charge in [-0.2, -0.15) is 23.1 Å². The Morgan fingerprint density at radius 3 is 2.51 bits per heavy atom. The Morgan fingerprint density at radius 1 is 1.23 bits per heavy atom. The Kier molecular flexibility index (Phi) is 7.16. The Hall–Kier alpha value is -2.57. The molecule has 1 aromatic heterocycles. The van der Waals surface area contributed by atoms with Crippen molar-refractivity contribution in [3.8, 4) is 0 Å². The average molecular weight is 510 g/mol. The molecule has 3 heterocycles. The predicted octanol–water partition coefficient (Wildman–Crippen LogP) is 3.70. The van der Waals surface area contributed by atoms with Crippen LogP contribution in [0, 0.1) is 5.41 Å². The first-order valence-corrected chi connectivity index (χ1v) is 12.9. The van der Waals surface area contributed by atoms with Crippen LogP contribution in [0.15, 0.2) is 24.3 Å². The molecule has 0 radical (unpaired) electrons. The van der Waals surface area contributed by atoms with Gasteiger partial charge in [0.2, 0.25) is 5.95 Å². The highest BCUT2D eigenvalue weighted by Gasteiger charge is 2.42. The lowest BCUT2D eigenvalue weighted by Gasteiger charge is -2.52. The third kappa shape index (κ3) is 5.65. The molecule has 12 heteroatoms. The molecule has 0 aliphatic carbocycles. The van der Waals surface area contributed by atoms with Crippen molar-refractivity contribution in [1.29, 1.82) is 5.41 Å². The standard InChI is InChI=1S/C23H30F3N7OS/c1-22(32(2)3)13-33(14-22)20-18(12-27)19(28-17-6-4-5-15(11-17)23(24,25)26)30-21(31-20)29-16-7-9-35(34)10-8-16/h4-6,11-12,16,27H,7-10,13-14H2,1-3H3,(H2,28,29,30,31). The Labute approximate surface area is 206 Å². The molecule has 3 N–H and O–H groups in total. The SMILES string of the molecule is CN(C)C1(C)CN(c2nc(NC3CC[S+]([O-])CC3)nc(Nc3cccc(C(F)(F)F)c3)c2C=N)C1. The van der Waals surface area contributed by atoms with Crippen LogP contribution in [0.3, 0.4) is 0 Å². The van der Waals surface area contributed by atoms with Gasteiger partial charge < -0.3 is 30.4 Å². The number of nitrogens with one attached hydrogen (secondary N) is 3. The number of rotatable bonds is 7. The van der Waals surface area contributed by atoms with E-state index in [1.54, 1.807) is 0 Å². The van der Waals surface area contributed by atoms with Gasteiger partial charge in [0.15, 0.2) is 0 Å². The fraction of sp³-hybridized carbons (Fsp3) is 0.522. The second kappa shape index (κ2) is 9.82. The minimum atomic E-state index is -4.47. The van der Waals surface area contributed by atoms with Gasteiger partial charge in [0.25, 0.3) is 0 Å². The Bertz CT molecular complexity index is 1070. The van der Waals surface area contributed by atoms with E-state index in [2.05, 4.69) is 27.4 Å². The van der Waals surface area contributed by atoms with Crippen LogP contribution in [-0.4, -0.2) is 75.9 Å². The maximum Gasteiger partial charge on any atom is 0.416 e. The van der Waals surface area contributed by atoms with Gasteiger partial charge in [-0.1, -0.05) is 17.2 Å². The van der Waals surface area contributed by atoms with Crippen LogP contribution in [0.2, 0.25) is 0 Å². The maximum atomic E-state index is 13.2. The minimum absolute atomic E-state index is 0.0521. The molecule has 1 aromatic carbocycles. The van der Waals surface area contributed by atoms with E-state index in [-0.39, 0.29) is 23.1 Å². The normalized spacial score (nSPS) is 22.0. The number of likely N-dealkylation sites (N-methyl/N-ethyl adjacent to an activating group) is 1. The maximum absolute atomic E-state index is 13.2. The average Bonchev–Trinajstić information content (AvgIpc) is 2.77. The zero-order chi connectivity index (χ0) is 25.4. The number of benzene rings is 1. The van der Waals surface area contributed by atoms with E-state index in [9.17, 15) is 17.7 Å². The van der Waals surface area contributed by atoms with Gasteiger partial charge in [-0.05, 0) is 39.2 Å². The van der Waals surface area contributed by atoms with Crippen molar-refractivity contribution in [2.24, 2.45) is 0 Å². The number of halogens is 3. The fourth-order valence-electron chi connectivity index (χ4n) is 4.23. The van der Waals surface area contributed by atoms with Gasteiger partial charge in [0, 0.05) is 43.9 Å². The van der Waals surface area contributed by atoms with E-state index in [1.807, 2.05) is 19.0 Å². The zero-order valence-corrected chi connectivity index (χ0v) is 20.8.